The first-order chi connectivity index (χ1) is 14.0. The third kappa shape index (κ3) is 4.74. The van der Waals surface area contributed by atoms with E-state index in [0.717, 1.165) is 60.9 Å². The second-order valence-electron chi connectivity index (χ2n) is 7.84. The van der Waals surface area contributed by atoms with Crippen molar-refractivity contribution in [2.24, 2.45) is 0 Å². The van der Waals surface area contributed by atoms with Crippen molar-refractivity contribution in [3.8, 4) is 10.6 Å². The van der Waals surface area contributed by atoms with Crippen molar-refractivity contribution in [3.63, 3.8) is 0 Å². The molecule has 3 aromatic rings. The van der Waals surface area contributed by atoms with Crippen molar-refractivity contribution >= 4 is 23.1 Å². The Morgan fingerprint density at radius 2 is 1.69 bits per heavy atom. The normalized spacial score (nSPS) is 15.0. The number of anilines is 2. The largest absolute Gasteiger partial charge is 0.354 e. The first-order valence-electron chi connectivity index (χ1n) is 10.00. The highest BCUT2D eigenvalue weighted by atomic mass is 32.1. The number of piperazine rings is 1. The van der Waals surface area contributed by atoms with Crippen molar-refractivity contribution in [3.05, 3.63) is 52.7 Å². The molecule has 1 aliphatic rings. The molecule has 4 rings (SSSR count). The third-order valence-corrected chi connectivity index (χ3v) is 6.10. The van der Waals surface area contributed by atoms with Gasteiger partial charge in [-0.2, -0.15) is 4.98 Å². The average Bonchev–Trinajstić information content (AvgIpc) is 3.17. The van der Waals surface area contributed by atoms with Gasteiger partial charge in [0.1, 0.15) is 10.8 Å². The Morgan fingerprint density at radius 3 is 2.38 bits per heavy atom. The number of hydrogen-bond acceptors (Lipinski definition) is 7. The van der Waals surface area contributed by atoms with E-state index in [1.807, 2.05) is 25.9 Å². The molecule has 1 aromatic carbocycles. The van der Waals surface area contributed by atoms with E-state index in [2.05, 4.69) is 57.4 Å². The number of benzene rings is 1. The summed E-state index contributed by atoms with van der Waals surface area (Å²) >= 11 is 1.73. The van der Waals surface area contributed by atoms with Gasteiger partial charge < -0.3 is 9.80 Å². The molecule has 0 N–H and O–H groups in total. The molecule has 152 valence electrons. The maximum absolute atomic E-state index is 4.86. The number of rotatable bonds is 5. The molecule has 0 amide bonds. The molecule has 1 fully saturated rings. The number of nitrogens with zero attached hydrogens (tertiary/aromatic N) is 6. The first kappa shape index (κ1) is 19.8. The first-order valence-corrected chi connectivity index (χ1v) is 10.9. The topological polar surface area (TPSA) is 48.4 Å². The van der Waals surface area contributed by atoms with Gasteiger partial charge in [0, 0.05) is 69.5 Å². The van der Waals surface area contributed by atoms with E-state index in [4.69, 9.17) is 9.97 Å². The van der Waals surface area contributed by atoms with Gasteiger partial charge in [-0.25, -0.2) is 9.97 Å². The van der Waals surface area contributed by atoms with E-state index in [9.17, 15) is 0 Å². The lowest BCUT2D eigenvalue weighted by molar-refractivity contribution is 0.247. The minimum Gasteiger partial charge on any atom is -0.354 e. The Hall–Kier alpha value is -2.51. The smallest absolute Gasteiger partial charge is 0.226 e. The van der Waals surface area contributed by atoms with Crippen LogP contribution < -0.4 is 9.80 Å². The van der Waals surface area contributed by atoms with Crippen LogP contribution in [0.4, 0.5) is 11.8 Å². The molecule has 0 saturated carbocycles. The fraction of sp³-hybridized carbons (Fsp3) is 0.409. The lowest BCUT2D eigenvalue weighted by Gasteiger charge is -2.35. The van der Waals surface area contributed by atoms with Crippen LogP contribution in [0.5, 0.6) is 0 Å². The number of aryl methyl sites for hydroxylation is 2. The van der Waals surface area contributed by atoms with Gasteiger partial charge in [0.2, 0.25) is 5.95 Å². The number of aromatic nitrogens is 3. The molecule has 0 spiro atoms. The van der Waals surface area contributed by atoms with Crippen molar-refractivity contribution in [2.45, 2.75) is 20.4 Å². The number of thiazole rings is 1. The summed E-state index contributed by atoms with van der Waals surface area (Å²) in [7, 11) is 3.96. The average molecular weight is 409 g/mol. The van der Waals surface area contributed by atoms with E-state index in [1.54, 1.807) is 11.3 Å². The van der Waals surface area contributed by atoms with E-state index in [-0.39, 0.29) is 0 Å². The Kier molecular flexibility index (Phi) is 5.78. The van der Waals surface area contributed by atoms with E-state index < -0.39 is 0 Å². The molecule has 0 aliphatic carbocycles. The van der Waals surface area contributed by atoms with Crippen LogP contribution in [-0.4, -0.2) is 60.1 Å². The van der Waals surface area contributed by atoms with E-state index >= 15 is 0 Å². The molecule has 6 nitrogen and oxygen atoms in total. The Balaban J connectivity index is 1.36. The minimum atomic E-state index is 0.772. The Labute approximate surface area is 176 Å². The molecule has 7 heteroatoms. The Morgan fingerprint density at radius 1 is 0.966 bits per heavy atom. The zero-order valence-electron chi connectivity index (χ0n) is 17.6. The summed E-state index contributed by atoms with van der Waals surface area (Å²) in [5.74, 6) is 1.80. The predicted octanol–water partition coefficient (Wildman–Crippen LogP) is 3.61. The fourth-order valence-corrected chi connectivity index (χ4v) is 4.29. The summed E-state index contributed by atoms with van der Waals surface area (Å²) in [6.07, 6.45) is 0. The highest BCUT2D eigenvalue weighted by Crippen LogP contribution is 2.25. The quantitative estimate of drug-likeness (QED) is 0.643. The molecular weight excluding hydrogens is 380 g/mol. The van der Waals surface area contributed by atoms with Crippen LogP contribution in [0, 0.1) is 13.8 Å². The summed E-state index contributed by atoms with van der Waals surface area (Å²) in [6.45, 7) is 9.01. The summed E-state index contributed by atoms with van der Waals surface area (Å²) < 4.78 is 0. The second kappa shape index (κ2) is 8.47. The van der Waals surface area contributed by atoms with Crippen LogP contribution >= 0.6 is 11.3 Å². The van der Waals surface area contributed by atoms with Crippen molar-refractivity contribution in [1.29, 1.82) is 0 Å². The van der Waals surface area contributed by atoms with Gasteiger partial charge in [0.15, 0.2) is 0 Å². The number of hydrogen-bond donors (Lipinski definition) is 0. The summed E-state index contributed by atoms with van der Waals surface area (Å²) in [6, 6.07) is 10.7. The van der Waals surface area contributed by atoms with Crippen molar-refractivity contribution in [2.75, 3.05) is 50.1 Å². The molecule has 1 saturated heterocycles. The standard InChI is InChI=1S/C22H28N6S/c1-16-5-7-18(8-6-16)21-24-19(15-29-21)14-27-9-11-28(12-10-27)20-13-17(2)23-22(25-20)26(3)4/h5-8,13,15H,9-12,14H2,1-4H3. The van der Waals surface area contributed by atoms with Gasteiger partial charge in [0.25, 0.3) is 0 Å². The lowest BCUT2D eigenvalue weighted by atomic mass is 10.2. The van der Waals surface area contributed by atoms with Crippen LogP contribution in [0.3, 0.4) is 0 Å². The zero-order valence-corrected chi connectivity index (χ0v) is 18.4. The molecule has 0 atom stereocenters. The second-order valence-corrected chi connectivity index (χ2v) is 8.69. The summed E-state index contributed by atoms with van der Waals surface area (Å²) in [5, 5.41) is 3.30. The maximum Gasteiger partial charge on any atom is 0.226 e. The van der Waals surface area contributed by atoms with Gasteiger partial charge in [-0.1, -0.05) is 29.8 Å². The van der Waals surface area contributed by atoms with Crippen LogP contribution in [0.2, 0.25) is 0 Å². The van der Waals surface area contributed by atoms with Crippen LogP contribution in [0.1, 0.15) is 17.0 Å². The molecule has 2 aromatic heterocycles. The molecule has 0 bridgehead atoms. The molecule has 29 heavy (non-hydrogen) atoms. The third-order valence-electron chi connectivity index (χ3n) is 5.16. The highest BCUT2D eigenvalue weighted by Gasteiger charge is 2.20. The maximum atomic E-state index is 4.86. The van der Waals surface area contributed by atoms with Gasteiger partial charge in [-0.15, -0.1) is 11.3 Å². The van der Waals surface area contributed by atoms with E-state index in [0.29, 0.717) is 0 Å². The molecule has 1 aliphatic heterocycles. The summed E-state index contributed by atoms with van der Waals surface area (Å²) in [5.41, 5.74) is 4.64. The van der Waals surface area contributed by atoms with Crippen molar-refractivity contribution < 1.29 is 0 Å². The SMILES string of the molecule is Cc1ccc(-c2nc(CN3CCN(c4cc(C)nc(N(C)C)n4)CC3)cs2)cc1. The predicted molar refractivity (Wildman–Crippen MR) is 121 cm³/mol. The summed E-state index contributed by atoms with van der Waals surface area (Å²) in [4.78, 5) is 20.9. The monoisotopic (exact) mass is 408 g/mol. The molecular formula is C22H28N6S. The molecule has 3 heterocycles. The van der Waals surface area contributed by atoms with Gasteiger partial charge >= 0.3 is 0 Å². The van der Waals surface area contributed by atoms with E-state index in [1.165, 1.54) is 11.1 Å². The zero-order chi connectivity index (χ0) is 20.4. The molecule has 0 radical (unpaired) electrons. The van der Waals surface area contributed by atoms with Gasteiger partial charge in [-0.05, 0) is 13.8 Å². The Bertz CT molecular complexity index is 958. The lowest BCUT2D eigenvalue weighted by Crippen LogP contribution is -2.46. The van der Waals surface area contributed by atoms with Gasteiger partial charge in [0.05, 0.1) is 5.69 Å². The van der Waals surface area contributed by atoms with Crippen LogP contribution in [0.15, 0.2) is 35.7 Å². The highest BCUT2D eigenvalue weighted by molar-refractivity contribution is 7.13. The molecule has 0 unspecified atom stereocenters. The fourth-order valence-electron chi connectivity index (χ4n) is 3.47. The van der Waals surface area contributed by atoms with Crippen molar-refractivity contribution in [1.82, 2.24) is 19.9 Å². The minimum absolute atomic E-state index is 0.772. The van der Waals surface area contributed by atoms with Crippen LogP contribution in [-0.2, 0) is 6.54 Å². The van der Waals surface area contributed by atoms with Gasteiger partial charge in [-0.3, -0.25) is 4.90 Å². The van der Waals surface area contributed by atoms with Crippen LogP contribution in [0.25, 0.3) is 10.6 Å².